The average molecular weight is 339 g/mol. The van der Waals surface area contributed by atoms with Crippen molar-refractivity contribution in [3.63, 3.8) is 0 Å². The summed E-state index contributed by atoms with van der Waals surface area (Å²) in [5, 5.41) is 0. The van der Waals surface area contributed by atoms with Crippen LogP contribution in [0.4, 0.5) is 0 Å². The smallest absolute Gasteiger partial charge is 0.266 e. The SMILES string of the molecule is Cl.O=S(=O)(O)CCN1CCN(CCS(=O)(=O)O)CC1. The highest BCUT2D eigenvalue weighted by Gasteiger charge is 2.19. The molecule has 116 valence electrons. The second-order valence-electron chi connectivity index (χ2n) is 4.26. The Morgan fingerprint density at radius 2 is 1.00 bits per heavy atom. The molecule has 11 heteroatoms. The molecule has 0 spiro atoms. The van der Waals surface area contributed by atoms with Crippen LogP contribution in [0.2, 0.25) is 0 Å². The molecule has 0 atom stereocenters. The van der Waals surface area contributed by atoms with Crippen LogP contribution in [0.25, 0.3) is 0 Å². The Hall–Kier alpha value is 0.0300. The van der Waals surface area contributed by atoms with E-state index in [4.69, 9.17) is 9.11 Å². The molecule has 1 saturated heterocycles. The van der Waals surface area contributed by atoms with Crippen molar-refractivity contribution in [1.29, 1.82) is 0 Å². The minimum absolute atomic E-state index is 0. The van der Waals surface area contributed by atoms with E-state index in [2.05, 4.69) is 0 Å². The Bertz CT molecular complexity index is 414. The van der Waals surface area contributed by atoms with Gasteiger partial charge in [0, 0.05) is 39.3 Å². The lowest BCUT2D eigenvalue weighted by atomic mass is 10.3. The van der Waals surface area contributed by atoms with Gasteiger partial charge < -0.3 is 0 Å². The summed E-state index contributed by atoms with van der Waals surface area (Å²) in [5.41, 5.74) is 0. The lowest BCUT2D eigenvalue weighted by Crippen LogP contribution is -2.48. The molecule has 0 amide bonds. The molecule has 1 aliphatic heterocycles. The highest BCUT2D eigenvalue weighted by Crippen LogP contribution is 2.02. The summed E-state index contributed by atoms with van der Waals surface area (Å²) >= 11 is 0. The number of rotatable bonds is 6. The predicted molar refractivity (Wildman–Crippen MR) is 73.0 cm³/mol. The molecule has 0 bridgehead atoms. The zero-order chi connectivity index (χ0) is 13.8. The second kappa shape index (κ2) is 7.72. The molecule has 0 aliphatic carbocycles. The van der Waals surface area contributed by atoms with E-state index < -0.39 is 20.2 Å². The molecule has 19 heavy (non-hydrogen) atoms. The van der Waals surface area contributed by atoms with Crippen molar-refractivity contribution < 1.29 is 25.9 Å². The second-order valence-corrected chi connectivity index (χ2v) is 7.40. The van der Waals surface area contributed by atoms with Crippen molar-refractivity contribution in [2.45, 2.75) is 0 Å². The van der Waals surface area contributed by atoms with E-state index in [1.54, 1.807) is 0 Å². The van der Waals surface area contributed by atoms with E-state index in [0.717, 1.165) is 0 Å². The lowest BCUT2D eigenvalue weighted by Gasteiger charge is -2.34. The zero-order valence-corrected chi connectivity index (χ0v) is 12.8. The predicted octanol–water partition coefficient (Wildman–Crippen LogP) is -1.20. The third-order valence-corrected chi connectivity index (χ3v) is 4.19. The Morgan fingerprint density at radius 3 is 1.21 bits per heavy atom. The maximum absolute atomic E-state index is 10.6. The first-order chi connectivity index (χ1) is 8.16. The van der Waals surface area contributed by atoms with Gasteiger partial charge in [-0.2, -0.15) is 16.8 Å². The molecule has 0 aromatic carbocycles. The van der Waals surface area contributed by atoms with Crippen LogP contribution in [0.15, 0.2) is 0 Å². The summed E-state index contributed by atoms with van der Waals surface area (Å²) in [7, 11) is -7.87. The third kappa shape index (κ3) is 9.55. The van der Waals surface area contributed by atoms with Gasteiger partial charge in [-0.05, 0) is 0 Å². The van der Waals surface area contributed by atoms with Crippen molar-refractivity contribution in [2.24, 2.45) is 0 Å². The molecule has 2 N–H and O–H groups in total. The van der Waals surface area contributed by atoms with Gasteiger partial charge >= 0.3 is 0 Å². The average Bonchev–Trinajstić information content (AvgIpc) is 2.23. The van der Waals surface area contributed by atoms with Crippen LogP contribution in [0.1, 0.15) is 0 Å². The largest absolute Gasteiger partial charge is 0.300 e. The summed E-state index contributed by atoms with van der Waals surface area (Å²) in [6, 6.07) is 0. The maximum Gasteiger partial charge on any atom is 0.266 e. The highest BCUT2D eigenvalue weighted by atomic mass is 35.5. The fourth-order valence-electron chi connectivity index (χ4n) is 1.73. The monoisotopic (exact) mass is 338 g/mol. The van der Waals surface area contributed by atoms with Crippen LogP contribution >= 0.6 is 12.4 Å². The third-order valence-electron chi connectivity index (χ3n) is 2.80. The first-order valence-corrected chi connectivity index (χ1v) is 8.72. The molecule has 0 unspecified atom stereocenters. The molecule has 1 rings (SSSR count). The number of halogens is 1. The number of hydrogen-bond acceptors (Lipinski definition) is 6. The van der Waals surface area contributed by atoms with Gasteiger partial charge in [0.05, 0.1) is 11.5 Å². The summed E-state index contributed by atoms with van der Waals surface area (Å²) in [6.45, 7) is 2.99. The Balaban J connectivity index is 0.00000324. The highest BCUT2D eigenvalue weighted by molar-refractivity contribution is 7.86. The minimum Gasteiger partial charge on any atom is -0.300 e. The van der Waals surface area contributed by atoms with Crippen molar-refractivity contribution in [3.8, 4) is 0 Å². The molecule has 1 fully saturated rings. The topological polar surface area (TPSA) is 115 Å². The van der Waals surface area contributed by atoms with Gasteiger partial charge in [-0.25, -0.2) is 0 Å². The van der Waals surface area contributed by atoms with Gasteiger partial charge in [0.2, 0.25) is 0 Å². The number of nitrogens with zero attached hydrogens (tertiary/aromatic N) is 2. The molecular formula is C8H19ClN2O6S2. The van der Waals surface area contributed by atoms with Gasteiger partial charge in [-0.1, -0.05) is 0 Å². The first kappa shape index (κ1) is 19.0. The normalized spacial score (nSPS) is 19.1. The summed E-state index contributed by atoms with van der Waals surface area (Å²) < 4.78 is 59.5. The Kier molecular flexibility index (Phi) is 7.73. The fourth-order valence-corrected chi connectivity index (χ4v) is 2.70. The minimum atomic E-state index is -3.93. The van der Waals surface area contributed by atoms with Crippen LogP contribution in [-0.2, 0) is 20.2 Å². The van der Waals surface area contributed by atoms with Crippen molar-refractivity contribution in [3.05, 3.63) is 0 Å². The standard InChI is InChI=1S/C8H18N2O6S2.ClH/c11-17(12,13)7-5-9-1-2-10(4-3-9)6-8-18(14,15)16;/h1-8H2,(H,11,12,13)(H,14,15,16);1H. The van der Waals surface area contributed by atoms with Crippen LogP contribution in [0.3, 0.4) is 0 Å². The summed E-state index contributed by atoms with van der Waals surface area (Å²) in [6.07, 6.45) is 0. The molecule has 0 aromatic heterocycles. The summed E-state index contributed by atoms with van der Waals surface area (Å²) in [4.78, 5) is 3.77. The van der Waals surface area contributed by atoms with Crippen LogP contribution in [-0.4, -0.2) is 86.5 Å². The van der Waals surface area contributed by atoms with Crippen LogP contribution in [0.5, 0.6) is 0 Å². The zero-order valence-electron chi connectivity index (χ0n) is 10.3. The van der Waals surface area contributed by atoms with E-state index in [0.29, 0.717) is 26.2 Å². The number of piperazine rings is 1. The van der Waals surface area contributed by atoms with E-state index >= 15 is 0 Å². The Labute approximate surface area is 119 Å². The first-order valence-electron chi connectivity index (χ1n) is 5.51. The van der Waals surface area contributed by atoms with Gasteiger partial charge in [0.1, 0.15) is 0 Å². The van der Waals surface area contributed by atoms with E-state index in [1.807, 2.05) is 9.80 Å². The summed E-state index contributed by atoms with van der Waals surface area (Å²) in [5.74, 6) is -0.587. The number of hydrogen-bond donors (Lipinski definition) is 2. The molecule has 0 radical (unpaired) electrons. The molecule has 1 heterocycles. The van der Waals surface area contributed by atoms with Crippen LogP contribution in [0, 0.1) is 0 Å². The van der Waals surface area contributed by atoms with Gasteiger partial charge in [-0.15, -0.1) is 12.4 Å². The molecular weight excluding hydrogens is 320 g/mol. The van der Waals surface area contributed by atoms with Crippen molar-refractivity contribution in [1.82, 2.24) is 9.80 Å². The van der Waals surface area contributed by atoms with E-state index in [1.165, 1.54) is 0 Å². The lowest BCUT2D eigenvalue weighted by molar-refractivity contribution is 0.143. The quantitative estimate of drug-likeness (QED) is 0.580. The fraction of sp³-hybridized carbons (Fsp3) is 1.00. The van der Waals surface area contributed by atoms with Gasteiger partial charge in [-0.3, -0.25) is 18.9 Å². The van der Waals surface area contributed by atoms with Crippen molar-refractivity contribution >= 4 is 32.6 Å². The molecule has 0 aromatic rings. The molecule has 1 aliphatic rings. The van der Waals surface area contributed by atoms with Crippen molar-refractivity contribution in [2.75, 3.05) is 50.8 Å². The van der Waals surface area contributed by atoms with E-state index in [-0.39, 0.29) is 37.0 Å². The molecule has 0 saturated carbocycles. The van der Waals surface area contributed by atoms with E-state index in [9.17, 15) is 16.8 Å². The van der Waals surface area contributed by atoms with Gasteiger partial charge in [0.15, 0.2) is 0 Å². The maximum atomic E-state index is 10.6. The van der Waals surface area contributed by atoms with Crippen LogP contribution < -0.4 is 0 Å². The van der Waals surface area contributed by atoms with Gasteiger partial charge in [0.25, 0.3) is 20.2 Å². The Morgan fingerprint density at radius 1 is 0.737 bits per heavy atom. The molecule has 8 nitrogen and oxygen atoms in total.